The zero-order valence-corrected chi connectivity index (χ0v) is 12.8. The molecule has 0 heterocycles. The van der Waals surface area contributed by atoms with Gasteiger partial charge in [-0.05, 0) is 38.1 Å². The van der Waals surface area contributed by atoms with Crippen LogP contribution in [0.1, 0.15) is 31.9 Å². The van der Waals surface area contributed by atoms with Crippen molar-refractivity contribution >= 4 is 9.84 Å². The molecule has 0 aromatic heterocycles. The minimum absolute atomic E-state index is 0.116. The van der Waals surface area contributed by atoms with Gasteiger partial charge < -0.3 is 10.1 Å². The van der Waals surface area contributed by atoms with Gasteiger partial charge in [0.2, 0.25) is 0 Å². The van der Waals surface area contributed by atoms with E-state index < -0.39 is 9.84 Å². The Hall–Kier alpha value is -1.07. The van der Waals surface area contributed by atoms with Gasteiger partial charge in [0.15, 0.2) is 9.84 Å². The summed E-state index contributed by atoms with van der Waals surface area (Å²) >= 11 is 0. The van der Waals surface area contributed by atoms with E-state index in [-0.39, 0.29) is 17.0 Å². The first kappa shape index (κ1) is 16.0. The van der Waals surface area contributed by atoms with Crippen LogP contribution in [0.5, 0.6) is 5.75 Å². The fraction of sp³-hybridized carbons (Fsp3) is 0.571. The lowest BCUT2D eigenvalue weighted by Crippen LogP contribution is -2.30. The molecule has 0 spiro atoms. The van der Waals surface area contributed by atoms with Crippen molar-refractivity contribution in [3.05, 3.63) is 29.8 Å². The molecule has 0 saturated heterocycles. The second-order valence-corrected chi connectivity index (χ2v) is 7.13. The van der Waals surface area contributed by atoms with E-state index >= 15 is 0 Å². The average Bonchev–Trinajstić information content (AvgIpc) is 2.44. The maximum atomic E-state index is 12.2. The maximum Gasteiger partial charge on any atom is 0.154 e. The monoisotopic (exact) mass is 285 g/mol. The highest BCUT2D eigenvalue weighted by Gasteiger charge is 2.24. The van der Waals surface area contributed by atoms with Gasteiger partial charge in [-0.2, -0.15) is 0 Å². The zero-order valence-electron chi connectivity index (χ0n) is 12.0. The van der Waals surface area contributed by atoms with Gasteiger partial charge in [-0.25, -0.2) is 8.42 Å². The highest BCUT2D eigenvalue weighted by Crippen LogP contribution is 2.20. The summed E-state index contributed by atoms with van der Waals surface area (Å²) in [6, 6.07) is 7.29. The van der Waals surface area contributed by atoms with Crippen LogP contribution in [0.15, 0.2) is 24.3 Å². The molecule has 0 amide bonds. The van der Waals surface area contributed by atoms with E-state index in [0.717, 1.165) is 11.3 Å². The van der Waals surface area contributed by atoms with Gasteiger partial charge in [0.05, 0.1) is 18.1 Å². The molecule has 0 saturated carbocycles. The minimum atomic E-state index is -3.08. The Bertz CT molecular complexity index is 482. The average molecular weight is 285 g/mol. The molecule has 2 atom stereocenters. The number of rotatable bonds is 7. The topological polar surface area (TPSA) is 55.4 Å². The number of nitrogens with one attached hydrogen (secondary N) is 1. The van der Waals surface area contributed by atoms with Crippen LogP contribution < -0.4 is 10.1 Å². The summed E-state index contributed by atoms with van der Waals surface area (Å²) in [6.07, 6.45) is 0.640. The molecule has 0 fully saturated rings. The lowest BCUT2D eigenvalue weighted by molar-refractivity contribution is 0.414. The Morgan fingerprint density at radius 3 is 2.26 bits per heavy atom. The molecule has 1 aromatic rings. The minimum Gasteiger partial charge on any atom is -0.497 e. The molecule has 4 nitrogen and oxygen atoms in total. The molecule has 0 aliphatic heterocycles. The first-order chi connectivity index (χ1) is 8.94. The Labute approximate surface area is 116 Å². The summed E-state index contributed by atoms with van der Waals surface area (Å²) in [5, 5.41) is 2.77. The fourth-order valence-corrected chi connectivity index (χ4v) is 3.49. The molecular weight excluding hydrogens is 262 g/mol. The van der Waals surface area contributed by atoms with Crippen molar-refractivity contribution in [1.29, 1.82) is 0 Å². The van der Waals surface area contributed by atoms with E-state index in [0.29, 0.717) is 6.42 Å². The highest BCUT2D eigenvalue weighted by atomic mass is 32.2. The number of hydrogen-bond acceptors (Lipinski definition) is 4. The molecule has 1 N–H and O–H groups in total. The molecular formula is C14H23NO3S. The van der Waals surface area contributed by atoms with E-state index in [2.05, 4.69) is 5.32 Å². The molecule has 1 aromatic carbocycles. The normalized spacial score (nSPS) is 14.9. The van der Waals surface area contributed by atoms with E-state index in [9.17, 15) is 8.42 Å². The first-order valence-electron chi connectivity index (χ1n) is 6.47. The molecule has 108 valence electrons. The number of ether oxygens (including phenoxy) is 1. The highest BCUT2D eigenvalue weighted by molar-refractivity contribution is 7.92. The Kier molecular flexibility index (Phi) is 5.82. The molecule has 1 rings (SSSR count). The third-order valence-electron chi connectivity index (χ3n) is 3.45. The van der Waals surface area contributed by atoms with Gasteiger partial charge in [-0.3, -0.25) is 0 Å². The Balaban J connectivity index is 2.89. The van der Waals surface area contributed by atoms with Crippen molar-refractivity contribution in [2.45, 2.75) is 31.6 Å². The quantitative estimate of drug-likeness (QED) is 0.834. The van der Waals surface area contributed by atoms with E-state index in [4.69, 9.17) is 4.74 Å². The zero-order chi connectivity index (χ0) is 14.5. The molecule has 2 unspecified atom stereocenters. The van der Waals surface area contributed by atoms with E-state index in [1.807, 2.05) is 31.2 Å². The summed E-state index contributed by atoms with van der Waals surface area (Å²) in [4.78, 5) is 0. The molecule has 0 radical (unpaired) electrons. The van der Waals surface area contributed by atoms with Crippen LogP contribution >= 0.6 is 0 Å². The van der Waals surface area contributed by atoms with Gasteiger partial charge in [0.1, 0.15) is 5.75 Å². The second-order valence-electron chi connectivity index (χ2n) is 4.66. The largest absolute Gasteiger partial charge is 0.497 e. The summed E-state index contributed by atoms with van der Waals surface area (Å²) in [6.45, 7) is 3.65. The van der Waals surface area contributed by atoms with Crippen molar-refractivity contribution in [2.24, 2.45) is 0 Å². The lowest BCUT2D eigenvalue weighted by atomic mass is 10.1. The first-order valence-corrected chi connectivity index (χ1v) is 8.19. The molecule has 5 heteroatoms. The maximum absolute atomic E-state index is 12.2. The third-order valence-corrected chi connectivity index (χ3v) is 5.81. The Morgan fingerprint density at radius 2 is 1.84 bits per heavy atom. The summed E-state index contributed by atoms with van der Waals surface area (Å²) < 4.78 is 29.4. The van der Waals surface area contributed by atoms with Crippen molar-refractivity contribution < 1.29 is 13.2 Å². The van der Waals surface area contributed by atoms with Crippen molar-refractivity contribution in [2.75, 3.05) is 19.9 Å². The van der Waals surface area contributed by atoms with E-state index in [1.165, 1.54) is 0 Å². The van der Waals surface area contributed by atoms with Crippen molar-refractivity contribution in [3.63, 3.8) is 0 Å². The number of sulfone groups is 1. The van der Waals surface area contributed by atoms with Crippen LogP contribution in [-0.2, 0) is 9.84 Å². The van der Waals surface area contributed by atoms with Gasteiger partial charge in [0, 0.05) is 6.04 Å². The van der Waals surface area contributed by atoms with Crippen LogP contribution in [0.3, 0.4) is 0 Å². The number of methoxy groups -OCH3 is 1. The van der Waals surface area contributed by atoms with Crippen LogP contribution in [0.4, 0.5) is 0 Å². The summed E-state index contributed by atoms with van der Waals surface area (Å²) in [5.41, 5.74) is 0.954. The summed E-state index contributed by atoms with van der Waals surface area (Å²) in [5.74, 6) is 0.883. The van der Waals surface area contributed by atoms with Gasteiger partial charge in [0.25, 0.3) is 0 Å². The van der Waals surface area contributed by atoms with Gasteiger partial charge in [-0.15, -0.1) is 0 Å². The van der Waals surface area contributed by atoms with Crippen LogP contribution in [0, 0.1) is 0 Å². The third kappa shape index (κ3) is 4.21. The smallest absolute Gasteiger partial charge is 0.154 e. The molecule has 0 aliphatic rings. The summed E-state index contributed by atoms with van der Waals surface area (Å²) in [7, 11) is 0.309. The number of benzene rings is 1. The van der Waals surface area contributed by atoms with Crippen molar-refractivity contribution in [3.8, 4) is 5.75 Å². The molecule has 19 heavy (non-hydrogen) atoms. The van der Waals surface area contributed by atoms with Gasteiger partial charge in [-0.1, -0.05) is 19.1 Å². The molecule has 0 bridgehead atoms. The van der Waals surface area contributed by atoms with Crippen molar-refractivity contribution in [1.82, 2.24) is 5.32 Å². The SMILES string of the molecule is CCC(C)S(=O)(=O)CC(NC)c1ccc(OC)cc1. The lowest BCUT2D eigenvalue weighted by Gasteiger charge is -2.19. The van der Waals surface area contributed by atoms with Crippen LogP contribution in [-0.4, -0.2) is 33.6 Å². The Morgan fingerprint density at radius 1 is 1.26 bits per heavy atom. The standard InChI is InChI=1S/C14H23NO3S/c1-5-11(2)19(16,17)10-14(15-3)12-6-8-13(18-4)9-7-12/h6-9,11,14-15H,5,10H2,1-4H3. The van der Waals surface area contributed by atoms with E-state index in [1.54, 1.807) is 21.1 Å². The van der Waals surface area contributed by atoms with Crippen LogP contribution in [0.25, 0.3) is 0 Å². The molecule has 0 aliphatic carbocycles. The van der Waals surface area contributed by atoms with Gasteiger partial charge >= 0.3 is 0 Å². The van der Waals surface area contributed by atoms with Crippen LogP contribution in [0.2, 0.25) is 0 Å². The number of hydrogen-bond donors (Lipinski definition) is 1. The fourth-order valence-electron chi connectivity index (χ4n) is 1.83. The predicted molar refractivity (Wildman–Crippen MR) is 78.3 cm³/mol. The predicted octanol–water partition coefficient (Wildman–Crippen LogP) is 2.17. The second kappa shape index (κ2) is 6.91.